The Morgan fingerprint density at radius 3 is 2.40 bits per heavy atom. The van der Waals surface area contributed by atoms with Crippen LogP contribution in [0.1, 0.15) is 38.3 Å². The van der Waals surface area contributed by atoms with Gasteiger partial charge in [0.1, 0.15) is 18.7 Å². The van der Waals surface area contributed by atoms with Crippen LogP contribution >= 0.6 is 0 Å². The maximum Gasteiger partial charge on any atom is 0.328 e. The summed E-state index contributed by atoms with van der Waals surface area (Å²) in [5.41, 5.74) is 2.58. The van der Waals surface area contributed by atoms with Crippen molar-refractivity contribution in [1.29, 1.82) is 0 Å². The topological polar surface area (TPSA) is 75.7 Å². The second-order valence-electron chi connectivity index (χ2n) is 8.02. The number of esters is 1. The van der Waals surface area contributed by atoms with Gasteiger partial charge in [0.25, 0.3) is 0 Å². The minimum atomic E-state index is -0.765. The monoisotopic (exact) mass is 408 g/mol. The third-order valence-electron chi connectivity index (χ3n) is 5.15. The van der Waals surface area contributed by atoms with E-state index >= 15 is 0 Å². The van der Waals surface area contributed by atoms with Crippen LogP contribution in [0.3, 0.4) is 0 Å². The third-order valence-corrected chi connectivity index (χ3v) is 5.15. The number of nitrogens with zero attached hydrogens (tertiary/aromatic N) is 1. The molecular weight excluding hydrogens is 380 g/mol. The van der Waals surface area contributed by atoms with Crippen molar-refractivity contribution in [2.24, 2.45) is 5.92 Å². The number of ether oxygens (including phenoxy) is 1. The van der Waals surface area contributed by atoms with Gasteiger partial charge in [-0.15, -0.1) is 0 Å². The Hall–Kier alpha value is -3.15. The first-order valence-corrected chi connectivity index (χ1v) is 10.3. The van der Waals surface area contributed by atoms with E-state index in [0.717, 1.165) is 16.8 Å². The van der Waals surface area contributed by atoms with Crippen molar-refractivity contribution < 1.29 is 19.1 Å². The average Bonchev–Trinajstić information content (AvgIpc) is 3.12. The lowest BCUT2D eigenvalue weighted by Gasteiger charge is -2.26. The Balaban J connectivity index is 1.70. The highest BCUT2D eigenvalue weighted by molar-refractivity contribution is 6.03. The number of para-hydroxylation sites is 1. The molecule has 158 valence electrons. The molecule has 0 fully saturated rings. The molecule has 30 heavy (non-hydrogen) atoms. The number of carbonyl (C=O) groups is 3. The van der Waals surface area contributed by atoms with Gasteiger partial charge in [0, 0.05) is 19.0 Å². The number of amides is 2. The molecule has 0 saturated heterocycles. The third kappa shape index (κ3) is 5.06. The van der Waals surface area contributed by atoms with Crippen molar-refractivity contribution in [1.82, 2.24) is 5.32 Å². The number of fused-ring (bicyclic) bond motifs is 1. The molecule has 6 nitrogen and oxygen atoms in total. The maximum absolute atomic E-state index is 13.1. The van der Waals surface area contributed by atoms with E-state index < -0.39 is 18.1 Å². The molecule has 0 radical (unpaired) electrons. The number of hydrogen-bond donors (Lipinski definition) is 1. The summed E-state index contributed by atoms with van der Waals surface area (Å²) in [6.45, 7) is 5.56. The minimum Gasteiger partial charge on any atom is -0.459 e. The van der Waals surface area contributed by atoms with Crippen LogP contribution in [0, 0.1) is 5.92 Å². The van der Waals surface area contributed by atoms with Gasteiger partial charge in [-0.3, -0.25) is 14.5 Å². The lowest BCUT2D eigenvalue weighted by molar-refractivity contribution is -0.149. The molecule has 2 aromatic carbocycles. The Morgan fingerprint density at radius 1 is 1.07 bits per heavy atom. The Labute approximate surface area is 177 Å². The van der Waals surface area contributed by atoms with Crippen LogP contribution in [-0.2, 0) is 32.1 Å². The fourth-order valence-electron chi connectivity index (χ4n) is 3.77. The highest BCUT2D eigenvalue weighted by Crippen LogP contribution is 2.32. The van der Waals surface area contributed by atoms with Crippen molar-refractivity contribution in [2.45, 2.75) is 52.3 Å². The second-order valence-corrected chi connectivity index (χ2v) is 8.02. The number of hydrogen-bond acceptors (Lipinski definition) is 4. The van der Waals surface area contributed by atoms with E-state index in [1.165, 1.54) is 11.8 Å². The van der Waals surface area contributed by atoms with Crippen LogP contribution in [0.15, 0.2) is 54.6 Å². The fraction of sp³-hybridized carbons (Fsp3) is 0.375. The van der Waals surface area contributed by atoms with Crippen LogP contribution in [0.2, 0.25) is 0 Å². The summed E-state index contributed by atoms with van der Waals surface area (Å²) >= 11 is 0. The fourth-order valence-corrected chi connectivity index (χ4v) is 3.77. The van der Waals surface area contributed by atoms with Crippen LogP contribution in [0.25, 0.3) is 0 Å². The van der Waals surface area contributed by atoms with E-state index in [0.29, 0.717) is 12.8 Å². The number of anilines is 1. The zero-order valence-electron chi connectivity index (χ0n) is 17.6. The summed E-state index contributed by atoms with van der Waals surface area (Å²) in [6.07, 6.45) is 0.883. The van der Waals surface area contributed by atoms with Crippen LogP contribution in [0.4, 0.5) is 5.69 Å². The van der Waals surface area contributed by atoms with E-state index in [2.05, 4.69) is 5.32 Å². The van der Waals surface area contributed by atoms with Gasteiger partial charge in [-0.2, -0.15) is 0 Å². The molecule has 1 aliphatic heterocycles. The van der Waals surface area contributed by atoms with Gasteiger partial charge in [0.05, 0.1) is 0 Å². The predicted molar refractivity (Wildman–Crippen MR) is 115 cm³/mol. The highest BCUT2D eigenvalue weighted by atomic mass is 16.5. The molecule has 6 heteroatoms. The lowest BCUT2D eigenvalue weighted by atomic mass is 10.0. The minimum absolute atomic E-state index is 0.151. The largest absolute Gasteiger partial charge is 0.459 e. The Kier molecular flexibility index (Phi) is 6.87. The molecule has 0 spiro atoms. The molecule has 2 amide bonds. The summed E-state index contributed by atoms with van der Waals surface area (Å²) in [7, 11) is 0. The van der Waals surface area contributed by atoms with Crippen molar-refractivity contribution in [3.05, 3.63) is 65.7 Å². The first kappa shape index (κ1) is 21.6. The van der Waals surface area contributed by atoms with Crippen molar-refractivity contribution in [2.75, 3.05) is 4.90 Å². The molecule has 1 aliphatic rings. The Morgan fingerprint density at radius 2 is 1.73 bits per heavy atom. The standard InChI is InChI=1S/C24H28N2O4/c1-16(2)13-20(24(29)30-15-18-9-5-4-6-10-18)25-23(28)22-14-19-11-7-8-12-21(19)26(22)17(3)27/h4-12,16,20,22H,13-15H2,1-3H3,(H,25,28)/t20-,22-/m0/s1. The molecule has 3 rings (SSSR count). The molecule has 2 aromatic rings. The molecule has 0 saturated carbocycles. The molecule has 0 bridgehead atoms. The van der Waals surface area contributed by atoms with Gasteiger partial charge in [-0.25, -0.2) is 4.79 Å². The smallest absolute Gasteiger partial charge is 0.328 e. The van der Waals surface area contributed by atoms with Gasteiger partial charge in [-0.1, -0.05) is 62.4 Å². The molecule has 0 aromatic heterocycles. The number of rotatable bonds is 7. The summed E-state index contributed by atoms with van der Waals surface area (Å²) in [6, 6.07) is 15.5. The van der Waals surface area contributed by atoms with E-state index in [9.17, 15) is 14.4 Å². The zero-order chi connectivity index (χ0) is 21.7. The van der Waals surface area contributed by atoms with Crippen molar-refractivity contribution in [3.8, 4) is 0 Å². The number of benzene rings is 2. The van der Waals surface area contributed by atoms with Gasteiger partial charge < -0.3 is 10.1 Å². The molecule has 1 N–H and O–H groups in total. The SMILES string of the molecule is CC(=O)N1c2ccccc2C[C@H]1C(=O)N[C@@H](CC(C)C)C(=O)OCc1ccccc1. The number of nitrogens with one attached hydrogen (secondary N) is 1. The molecule has 2 atom stereocenters. The summed E-state index contributed by atoms with van der Waals surface area (Å²) in [5.74, 6) is -0.828. The zero-order valence-corrected chi connectivity index (χ0v) is 17.6. The van der Waals surface area contributed by atoms with Crippen molar-refractivity contribution in [3.63, 3.8) is 0 Å². The molecular formula is C24H28N2O4. The van der Waals surface area contributed by atoms with Crippen LogP contribution in [-0.4, -0.2) is 29.9 Å². The number of carbonyl (C=O) groups excluding carboxylic acids is 3. The first-order valence-electron chi connectivity index (χ1n) is 10.3. The van der Waals surface area contributed by atoms with Crippen LogP contribution < -0.4 is 10.2 Å². The van der Waals surface area contributed by atoms with E-state index in [-0.39, 0.29) is 24.3 Å². The first-order chi connectivity index (χ1) is 14.4. The van der Waals surface area contributed by atoms with Gasteiger partial charge in [-0.05, 0) is 29.5 Å². The van der Waals surface area contributed by atoms with E-state index in [1.54, 1.807) is 0 Å². The van der Waals surface area contributed by atoms with Gasteiger partial charge in [0.15, 0.2) is 0 Å². The quantitative estimate of drug-likeness (QED) is 0.714. The lowest BCUT2D eigenvalue weighted by Crippen LogP contribution is -2.52. The van der Waals surface area contributed by atoms with Crippen molar-refractivity contribution >= 4 is 23.5 Å². The molecule has 0 unspecified atom stereocenters. The Bertz CT molecular complexity index is 910. The summed E-state index contributed by atoms with van der Waals surface area (Å²) in [4.78, 5) is 39.5. The van der Waals surface area contributed by atoms with E-state index in [4.69, 9.17) is 4.74 Å². The van der Waals surface area contributed by atoms with E-state index in [1.807, 2.05) is 68.4 Å². The van der Waals surface area contributed by atoms with Gasteiger partial charge in [0.2, 0.25) is 11.8 Å². The van der Waals surface area contributed by atoms with Crippen LogP contribution in [0.5, 0.6) is 0 Å². The normalized spacial score (nSPS) is 16.1. The molecule has 0 aliphatic carbocycles. The second kappa shape index (κ2) is 9.57. The maximum atomic E-state index is 13.1. The summed E-state index contributed by atoms with van der Waals surface area (Å²) in [5, 5.41) is 2.84. The average molecular weight is 408 g/mol. The predicted octanol–water partition coefficient (Wildman–Crippen LogP) is 3.24. The van der Waals surface area contributed by atoms with Gasteiger partial charge >= 0.3 is 5.97 Å². The summed E-state index contributed by atoms with van der Waals surface area (Å²) < 4.78 is 5.46. The highest BCUT2D eigenvalue weighted by Gasteiger charge is 2.38. The molecule has 1 heterocycles.